The molecule has 0 aliphatic carbocycles. The molecule has 2 amide bonds. The first-order valence-electron chi connectivity index (χ1n) is 11.0. The van der Waals surface area contributed by atoms with Crippen molar-refractivity contribution in [2.24, 2.45) is 0 Å². The molecule has 6 rings (SSSR count). The highest BCUT2D eigenvalue weighted by molar-refractivity contribution is 6.00. The predicted octanol–water partition coefficient (Wildman–Crippen LogP) is 3.74. The maximum absolute atomic E-state index is 13.3. The van der Waals surface area contributed by atoms with Crippen LogP contribution in [0.3, 0.4) is 0 Å². The fraction of sp³-hybridized carbons (Fsp3) is 0.333. The summed E-state index contributed by atoms with van der Waals surface area (Å²) in [4.78, 5) is 38.7. The molecule has 0 radical (unpaired) electrons. The third kappa shape index (κ3) is 2.82. The van der Waals surface area contributed by atoms with E-state index in [2.05, 4.69) is 15.2 Å². The Hall–Kier alpha value is -3.68. The lowest BCUT2D eigenvalue weighted by Gasteiger charge is -2.47. The number of amides is 2. The van der Waals surface area contributed by atoms with Crippen LogP contribution in [0.25, 0.3) is 11.0 Å². The SMILES string of the molecule is O=C(O)c1ccccc1NC(=O)N1[C@@H]2CC[C@H]1[C@H]1CC[C@@H]2N1c1cnc2ccccc2n1. The third-order valence-electron chi connectivity index (χ3n) is 7.17. The zero-order valence-electron chi connectivity index (χ0n) is 17.4. The zero-order valence-corrected chi connectivity index (χ0v) is 17.4. The van der Waals surface area contributed by atoms with Crippen LogP contribution in [0.5, 0.6) is 0 Å². The summed E-state index contributed by atoms with van der Waals surface area (Å²) in [7, 11) is 0. The molecular formula is C24H23N5O3. The van der Waals surface area contributed by atoms with E-state index in [9.17, 15) is 14.7 Å². The van der Waals surface area contributed by atoms with Gasteiger partial charge in [0.15, 0.2) is 0 Å². The number of carbonyl (C=O) groups excluding carboxylic acids is 1. The number of hydrogen-bond acceptors (Lipinski definition) is 5. The number of benzene rings is 2. The van der Waals surface area contributed by atoms with E-state index in [1.165, 1.54) is 6.07 Å². The summed E-state index contributed by atoms with van der Waals surface area (Å²) in [5.41, 5.74) is 2.18. The maximum Gasteiger partial charge on any atom is 0.337 e. The maximum atomic E-state index is 13.3. The third-order valence-corrected chi connectivity index (χ3v) is 7.17. The Morgan fingerprint density at radius 2 is 1.50 bits per heavy atom. The number of aromatic nitrogens is 2. The van der Waals surface area contributed by atoms with Crippen molar-refractivity contribution in [3.63, 3.8) is 0 Å². The van der Waals surface area contributed by atoms with Crippen LogP contribution in [0, 0.1) is 0 Å². The topological polar surface area (TPSA) is 98.7 Å². The lowest BCUT2D eigenvalue weighted by Crippen LogP contribution is -2.63. The highest BCUT2D eigenvalue weighted by Crippen LogP contribution is 2.47. The number of nitrogens with one attached hydrogen (secondary N) is 1. The summed E-state index contributed by atoms with van der Waals surface area (Å²) in [5.74, 6) is -0.173. The minimum atomic E-state index is -1.05. The number of carboxylic acids is 1. The summed E-state index contributed by atoms with van der Waals surface area (Å²) < 4.78 is 0. The van der Waals surface area contributed by atoms with Crippen molar-refractivity contribution in [1.29, 1.82) is 0 Å². The molecule has 0 spiro atoms. The first kappa shape index (κ1) is 19.0. The minimum Gasteiger partial charge on any atom is -0.478 e. The van der Waals surface area contributed by atoms with Crippen LogP contribution in [-0.2, 0) is 0 Å². The Kier molecular flexibility index (Phi) is 4.28. The Bertz CT molecular complexity index is 1210. The number of carboxylic acid groups (broad SMARTS) is 1. The molecule has 4 bridgehead atoms. The molecule has 2 aromatic carbocycles. The van der Waals surface area contributed by atoms with Gasteiger partial charge in [-0.25, -0.2) is 14.6 Å². The van der Waals surface area contributed by atoms with Crippen LogP contribution in [0.15, 0.2) is 54.7 Å². The standard InChI is InChI=1S/C24H23N5O3/c30-23(31)14-5-1-2-6-15(14)27-24(32)29-20-11-12-21(29)19-10-9-18(20)28(19)22-13-25-16-7-3-4-8-17(16)26-22/h1-8,13,18-21H,9-12H2,(H,27,32)(H,30,31)/t18-,19+,20+,21-. The second-order valence-electron chi connectivity index (χ2n) is 8.74. The molecule has 3 saturated heterocycles. The molecule has 4 heterocycles. The van der Waals surface area contributed by atoms with Gasteiger partial charge in [-0.3, -0.25) is 4.98 Å². The Balaban J connectivity index is 1.29. The molecule has 3 aromatic rings. The molecular weight excluding hydrogens is 406 g/mol. The number of aromatic carboxylic acids is 1. The average molecular weight is 429 g/mol. The van der Waals surface area contributed by atoms with E-state index in [0.717, 1.165) is 42.5 Å². The second kappa shape index (κ2) is 7.19. The molecule has 4 atom stereocenters. The summed E-state index contributed by atoms with van der Waals surface area (Å²) in [6.45, 7) is 0. The van der Waals surface area contributed by atoms with Gasteiger partial charge in [0.2, 0.25) is 0 Å². The fourth-order valence-corrected chi connectivity index (χ4v) is 5.91. The highest BCUT2D eigenvalue weighted by Gasteiger charge is 2.57. The van der Waals surface area contributed by atoms with Crippen molar-refractivity contribution in [3.05, 3.63) is 60.3 Å². The Labute approximate surface area is 184 Å². The number of anilines is 2. The highest BCUT2D eigenvalue weighted by atomic mass is 16.4. The van der Waals surface area contributed by atoms with Crippen molar-refractivity contribution in [1.82, 2.24) is 14.9 Å². The van der Waals surface area contributed by atoms with Crippen molar-refractivity contribution >= 4 is 34.5 Å². The van der Waals surface area contributed by atoms with Crippen LogP contribution < -0.4 is 10.2 Å². The molecule has 3 aliphatic rings. The predicted molar refractivity (Wildman–Crippen MR) is 120 cm³/mol. The number of hydrogen-bond donors (Lipinski definition) is 2. The normalized spacial score (nSPS) is 25.9. The number of piperazine rings is 1. The van der Waals surface area contributed by atoms with Crippen LogP contribution in [0.2, 0.25) is 0 Å². The minimum absolute atomic E-state index is 0.0732. The van der Waals surface area contributed by atoms with Gasteiger partial charge in [0, 0.05) is 0 Å². The second-order valence-corrected chi connectivity index (χ2v) is 8.74. The molecule has 0 unspecified atom stereocenters. The molecule has 0 saturated carbocycles. The van der Waals surface area contributed by atoms with Gasteiger partial charge < -0.3 is 20.2 Å². The van der Waals surface area contributed by atoms with Gasteiger partial charge in [-0.05, 0) is 49.9 Å². The summed E-state index contributed by atoms with van der Waals surface area (Å²) in [6.07, 6.45) is 5.76. The van der Waals surface area contributed by atoms with E-state index in [1.807, 2.05) is 35.4 Å². The van der Waals surface area contributed by atoms with Crippen molar-refractivity contribution in [2.75, 3.05) is 10.2 Å². The molecule has 8 nitrogen and oxygen atoms in total. The zero-order chi connectivity index (χ0) is 21.8. The Morgan fingerprint density at radius 1 is 0.875 bits per heavy atom. The number of urea groups is 1. The van der Waals surface area contributed by atoms with Gasteiger partial charge in [0.25, 0.3) is 0 Å². The first-order valence-corrected chi connectivity index (χ1v) is 11.0. The summed E-state index contributed by atoms with van der Waals surface area (Å²) in [6, 6.07) is 14.7. The van der Waals surface area contributed by atoms with E-state index in [1.54, 1.807) is 18.2 Å². The number of rotatable bonds is 3. The van der Waals surface area contributed by atoms with E-state index >= 15 is 0 Å². The van der Waals surface area contributed by atoms with Crippen molar-refractivity contribution < 1.29 is 14.7 Å². The lowest BCUT2D eigenvalue weighted by atomic mass is 10.0. The quantitative estimate of drug-likeness (QED) is 0.658. The lowest BCUT2D eigenvalue weighted by molar-refractivity contribution is 0.0698. The summed E-state index contributed by atoms with van der Waals surface area (Å²) in [5, 5.41) is 12.3. The van der Waals surface area contributed by atoms with Gasteiger partial charge in [0.1, 0.15) is 5.82 Å². The van der Waals surface area contributed by atoms with Gasteiger partial charge in [-0.2, -0.15) is 0 Å². The largest absolute Gasteiger partial charge is 0.478 e. The summed E-state index contributed by atoms with van der Waals surface area (Å²) >= 11 is 0. The van der Waals surface area contributed by atoms with Crippen LogP contribution in [-0.4, -0.2) is 56.1 Å². The number of fused-ring (bicyclic) bond motifs is 7. The van der Waals surface area contributed by atoms with Gasteiger partial charge in [-0.1, -0.05) is 24.3 Å². The van der Waals surface area contributed by atoms with Crippen molar-refractivity contribution in [3.8, 4) is 0 Å². The van der Waals surface area contributed by atoms with Crippen molar-refractivity contribution in [2.45, 2.75) is 49.9 Å². The molecule has 3 fully saturated rings. The monoisotopic (exact) mass is 429 g/mol. The van der Waals surface area contributed by atoms with Gasteiger partial charge in [-0.15, -0.1) is 0 Å². The van der Waals surface area contributed by atoms with Crippen LogP contribution in [0.4, 0.5) is 16.3 Å². The number of carbonyl (C=O) groups is 2. The number of para-hydroxylation sites is 3. The molecule has 32 heavy (non-hydrogen) atoms. The average Bonchev–Trinajstić information content (AvgIpc) is 3.34. The van der Waals surface area contributed by atoms with Gasteiger partial charge >= 0.3 is 12.0 Å². The van der Waals surface area contributed by atoms with E-state index < -0.39 is 5.97 Å². The number of nitrogens with zero attached hydrogens (tertiary/aromatic N) is 4. The fourth-order valence-electron chi connectivity index (χ4n) is 5.91. The van der Waals surface area contributed by atoms with Crippen LogP contribution >= 0.6 is 0 Å². The van der Waals surface area contributed by atoms with E-state index in [0.29, 0.717) is 5.69 Å². The van der Waals surface area contributed by atoms with Crippen LogP contribution in [0.1, 0.15) is 36.0 Å². The molecule has 3 aliphatic heterocycles. The van der Waals surface area contributed by atoms with E-state index in [-0.39, 0.29) is 35.8 Å². The molecule has 2 N–H and O–H groups in total. The molecule has 8 heteroatoms. The first-order chi connectivity index (χ1) is 15.6. The van der Waals surface area contributed by atoms with Gasteiger partial charge in [0.05, 0.1) is 52.6 Å². The van der Waals surface area contributed by atoms with E-state index in [4.69, 9.17) is 4.98 Å². The smallest absolute Gasteiger partial charge is 0.337 e. The molecule has 162 valence electrons. The molecule has 1 aromatic heterocycles. The Morgan fingerprint density at radius 3 is 2.22 bits per heavy atom.